The fourth-order valence-electron chi connectivity index (χ4n) is 7.75. The molecule has 6 rings (SSSR count). The third-order valence-electron chi connectivity index (χ3n) is 8.85. The summed E-state index contributed by atoms with van der Waals surface area (Å²) in [5.41, 5.74) is 5.15. The van der Waals surface area contributed by atoms with Crippen LogP contribution in [0.25, 0.3) is 23.1 Å². The molecule has 2 saturated carbocycles. The highest BCUT2D eigenvalue weighted by Gasteiger charge is 2.56. The van der Waals surface area contributed by atoms with E-state index in [9.17, 15) is 0 Å². The molecule has 170 valence electrons. The Morgan fingerprint density at radius 1 is 0.879 bits per heavy atom. The first-order chi connectivity index (χ1) is 16.2. The van der Waals surface area contributed by atoms with Gasteiger partial charge in [0, 0.05) is 50.4 Å². The van der Waals surface area contributed by atoms with E-state index in [0.717, 1.165) is 11.8 Å². The maximum atomic E-state index is 4.22. The van der Waals surface area contributed by atoms with Gasteiger partial charge in [0.1, 0.15) is 0 Å². The Hall–Kier alpha value is -2.39. The number of aromatic nitrogens is 1. The van der Waals surface area contributed by atoms with Gasteiger partial charge in [-0.05, 0) is 62.2 Å². The maximum absolute atomic E-state index is 4.22. The summed E-state index contributed by atoms with van der Waals surface area (Å²) in [6.45, 7) is 16.7. The van der Waals surface area contributed by atoms with E-state index in [2.05, 4.69) is 84.0 Å². The van der Waals surface area contributed by atoms with Gasteiger partial charge in [-0.2, -0.15) is 0 Å². The van der Waals surface area contributed by atoms with Crippen LogP contribution in [-0.4, -0.2) is 26.8 Å². The van der Waals surface area contributed by atoms with Crippen molar-refractivity contribution in [2.45, 2.75) is 61.9 Å². The molecule has 0 bridgehead atoms. The molecule has 0 N–H and O–H groups in total. The molecular weight excluding hydrogens is 420 g/mol. The average molecular weight is 455 g/mol. The molecule has 0 radical (unpaired) electrons. The number of nitrogens with zero attached hydrogens (tertiary/aromatic N) is 2. The lowest BCUT2D eigenvalue weighted by Gasteiger charge is -2.46. The van der Waals surface area contributed by atoms with Gasteiger partial charge in [0.25, 0.3) is 0 Å². The van der Waals surface area contributed by atoms with Crippen molar-refractivity contribution in [2.24, 2.45) is 11.8 Å². The van der Waals surface area contributed by atoms with Crippen molar-refractivity contribution in [1.29, 1.82) is 0 Å². The topological polar surface area (TPSA) is 8.17 Å². The molecule has 2 nitrogen and oxygen atoms in total. The number of hydrogen-bond donors (Lipinski definition) is 0. The van der Waals surface area contributed by atoms with Crippen molar-refractivity contribution in [3.05, 3.63) is 84.6 Å². The Balaban J connectivity index is 1.42. The van der Waals surface area contributed by atoms with Gasteiger partial charge >= 0.3 is 0 Å². The normalized spacial score (nSPS) is 32.9. The lowest BCUT2D eigenvalue weighted by atomic mass is 9.72. The number of fused-ring (bicyclic) bond motifs is 4. The van der Waals surface area contributed by atoms with E-state index >= 15 is 0 Å². The Labute approximate surface area is 202 Å². The van der Waals surface area contributed by atoms with Crippen LogP contribution in [0.3, 0.4) is 0 Å². The van der Waals surface area contributed by atoms with E-state index < -0.39 is 0 Å². The molecule has 3 fully saturated rings. The van der Waals surface area contributed by atoms with Crippen LogP contribution in [0.4, 0.5) is 0 Å². The monoisotopic (exact) mass is 454 g/mol. The molecule has 1 aromatic carbocycles. The van der Waals surface area contributed by atoms with Gasteiger partial charge in [-0.1, -0.05) is 63.1 Å². The van der Waals surface area contributed by atoms with Crippen molar-refractivity contribution >= 4 is 34.8 Å². The Morgan fingerprint density at radius 3 is 2.48 bits per heavy atom. The molecule has 1 aromatic heterocycles. The molecule has 1 saturated heterocycles. The number of allylic oxidation sites excluding steroid dienone is 2. The molecule has 0 amide bonds. The molecule has 3 heteroatoms. The first-order valence-electron chi connectivity index (χ1n) is 12.5. The van der Waals surface area contributed by atoms with Crippen molar-refractivity contribution in [3.63, 3.8) is 0 Å². The number of thioether (sulfide) groups is 1. The molecule has 0 spiro atoms. The number of rotatable bonds is 5. The van der Waals surface area contributed by atoms with E-state index in [1.807, 2.05) is 12.2 Å². The van der Waals surface area contributed by atoms with Crippen molar-refractivity contribution in [2.75, 3.05) is 0 Å². The van der Waals surface area contributed by atoms with Gasteiger partial charge in [-0.25, -0.2) is 0 Å². The van der Waals surface area contributed by atoms with Crippen molar-refractivity contribution in [1.82, 2.24) is 9.47 Å². The quantitative estimate of drug-likeness (QED) is 0.455. The van der Waals surface area contributed by atoms with E-state index in [-0.39, 0.29) is 0 Å². The predicted molar refractivity (Wildman–Crippen MR) is 144 cm³/mol. The van der Waals surface area contributed by atoms with Crippen LogP contribution in [0.15, 0.2) is 73.3 Å². The lowest BCUT2D eigenvalue weighted by molar-refractivity contribution is 0.167. The fourth-order valence-corrected chi connectivity index (χ4v) is 9.24. The second-order valence-electron chi connectivity index (χ2n) is 10.1. The predicted octanol–water partition coefficient (Wildman–Crippen LogP) is 7.82. The zero-order valence-electron chi connectivity index (χ0n) is 19.5. The van der Waals surface area contributed by atoms with Gasteiger partial charge in [0.15, 0.2) is 0 Å². The highest BCUT2D eigenvalue weighted by Crippen LogP contribution is 2.58. The first kappa shape index (κ1) is 21.2. The van der Waals surface area contributed by atoms with Crippen LogP contribution in [0.1, 0.15) is 55.8 Å². The summed E-state index contributed by atoms with van der Waals surface area (Å²) in [6, 6.07) is 10.6. The second-order valence-corrected chi connectivity index (χ2v) is 11.4. The summed E-state index contributed by atoms with van der Waals surface area (Å²) in [5.74, 6) is 1.53. The minimum absolute atomic E-state index is 0.516. The van der Waals surface area contributed by atoms with E-state index in [1.165, 1.54) is 71.3 Å². The average Bonchev–Trinajstić information content (AvgIpc) is 3.37. The smallest absolute Gasteiger partial charge is 0.0503 e. The molecule has 4 aliphatic rings. The SMILES string of the molecule is C=CC1=C(C=C)N2C3CCC(n4c(C=C)c(C=C)c5ccccc54)CC3C3CCCC(S1)C32. The first-order valence-corrected chi connectivity index (χ1v) is 13.4. The zero-order chi connectivity index (χ0) is 22.7. The van der Waals surface area contributed by atoms with E-state index in [1.54, 1.807) is 0 Å². The third-order valence-corrected chi connectivity index (χ3v) is 10.3. The van der Waals surface area contributed by atoms with Gasteiger partial charge in [0.05, 0.1) is 5.70 Å². The van der Waals surface area contributed by atoms with E-state index in [0.29, 0.717) is 23.4 Å². The van der Waals surface area contributed by atoms with Crippen LogP contribution >= 0.6 is 11.8 Å². The molecule has 3 heterocycles. The second kappa shape index (κ2) is 8.13. The number of benzene rings is 1. The van der Waals surface area contributed by atoms with E-state index in [4.69, 9.17) is 0 Å². The summed E-state index contributed by atoms with van der Waals surface area (Å²) in [4.78, 5) is 4.16. The van der Waals surface area contributed by atoms with Gasteiger partial charge in [0.2, 0.25) is 0 Å². The summed E-state index contributed by atoms with van der Waals surface area (Å²) < 4.78 is 2.60. The highest BCUT2D eigenvalue weighted by molar-refractivity contribution is 8.04. The Bertz CT molecular complexity index is 1180. The summed E-state index contributed by atoms with van der Waals surface area (Å²) in [5, 5.41) is 2.00. The minimum atomic E-state index is 0.516. The van der Waals surface area contributed by atoms with Crippen LogP contribution in [-0.2, 0) is 0 Å². The molecular formula is C30H34N2S. The Kier molecular flexibility index (Phi) is 5.21. The largest absolute Gasteiger partial charge is 0.363 e. The van der Waals surface area contributed by atoms with Crippen molar-refractivity contribution < 1.29 is 0 Å². The number of hydrogen-bond acceptors (Lipinski definition) is 2. The van der Waals surface area contributed by atoms with Crippen molar-refractivity contribution in [3.8, 4) is 0 Å². The molecule has 2 aliphatic carbocycles. The van der Waals surface area contributed by atoms with Crippen LogP contribution in [0, 0.1) is 11.8 Å². The van der Waals surface area contributed by atoms with Gasteiger partial charge < -0.3 is 9.47 Å². The molecule has 6 atom stereocenters. The fraction of sp³-hybridized carbons (Fsp3) is 0.400. The highest BCUT2D eigenvalue weighted by atomic mass is 32.2. The molecule has 33 heavy (non-hydrogen) atoms. The lowest BCUT2D eigenvalue weighted by Crippen LogP contribution is -2.47. The van der Waals surface area contributed by atoms with Crippen LogP contribution in [0.2, 0.25) is 0 Å². The summed E-state index contributed by atoms with van der Waals surface area (Å²) in [7, 11) is 0. The van der Waals surface area contributed by atoms with Crippen LogP contribution in [0.5, 0.6) is 0 Å². The summed E-state index contributed by atoms with van der Waals surface area (Å²) in [6.07, 6.45) is 16.0. The number of para-hydroxylation sites is 1. The summed E-state index contributed by atoms with van der Waals surface area (Å²) >= 11 is 2.07. The van der Waals surface area contributed by atoms with Crippen LogP contribution < -0.4 is 0 Å². The minimum Gasteiger partial charge on any atom is -0.363 e. The van der Waals surface area contributed by atoms with Gasteiger partial charge in [-0.15, -0.1) is 11.8 Å². The van der Waals surface area contributed by atoms with Gasteiger partial charge in [-0.3, -0.25) is 0 Å². The molecule has 2 aromatic rings. The molecule has 2 aliphatic heterocycles. The molecule has 6 unspecified atom stereocenters. The third kappa shape index (κ3) is 2.94. The Morgan fingerprint density at radius 2 is 1.73 bits per heavy atom. The zero-order valence-corrected chi connectivity index (χ0v) is 20.3. The maximum Gasteiger partial charge on any atom is 0.0503 e. The standard InChI is InChI=1S/C30H34N2S/c1-5-20-21-12-9-10-14-26(21)31(24(20)6-2)19-16-17-27-23(18-19)22-13-11-15-29-30(22)32(27)25(7-3)28(8-4)33-29/h5-10,12,14,19,22-23,27,29-30H,1-4,11,13,15-18H2.